The molecule has 0 saturated carbocycles. The maximum atomic E-state index is 12.4. The number of allylic oxidation sites excluding steroid dienone is 1. The Morgan fingerprint density at radius 3 is 2.88 bits per heavy atom. The molecule has 1 aromatic carbocycles. The smallest absolute Gasteiger partial charge is 0.258 e. The van der Waals surface area contributed by atoms with Crippen LogP contribution < -0.4 is 5.32 Å². The highest BCUT2D eigenvalue weighted by Gasteiger charge is 2.15. The number of hydrogen-bond donors (Lipinski definition) is 1. The number of thiazole rings is 1. The molecule has 3 rings (SSSR count). The first-order valence-electron chi connectivity index (χ1n) is 7.80. The van der Waals surface area contributed by atoms with E-state index in [0.717, 1.165) is 27.1 Å². The SMILES string of the molecule is C=CCn1c(C)cc(-c2csc(NC(=O)c3ccccc3I)n2)c1C. The summed E-state index contributed by atoms with van der Waals surface area (Å²) in [5, 5.41) is 5.48. The summed E-state index contributed by atoms with van der Waals surface area (Å²) in [5.41, 5.74) is 4.95. The van der Waals surface area contributed by atoms with Crippen LogP contribution in [0, 0.1) is 17.4 Å². The summed E-state index contributed by atoms with van der Waals surface area (Å²) in [4.78, 5) is 17.0. The second kappa shape index (κ2) is 7.53. The van der Waals surface area contributed by atoms with Crippen molar-refractivity contribution in [2.24, 2.45) is 0 Å². The Balaban J connectivity index is 1.84. The van der Waals surface area contributed by atoms with Crippen LogP contribution in [0.2, 0.25) is 0 Å². The van der Waals surface area contributed by atoms with Gasteiger partial charge in [0.2, 0.25) is 0 Å². The van der Waals surface area contributed by atoms with Crippen molar-refractivity contribution in [1.82, 2.24) is 9.55 Å². The van der Waals surface area contributed by atoms with Gasteiger partial charge in [0.15, 0.2) is 5.13 Å². The van der Waals surface area contributed by atoms with Crippen molar-refractivity contribution in [3.8, 4) is 11.3 Å². The summed E-state index contributed by atoms with van der Waals surface area (Å²) in [5.74, 6) is -0.136. The summed E-state index contributed by atoms with van der Waals surface area (Å²) in [7, 11) is 0. The molecule has 25 heavy (non-hydrogen) atoms. The van der Waals surface area contributed by atoms with Crippen molar-refractivity contribution in [1.29, 1.82) is 0 Å². The van der Waals surface area contributed by atoms with E-state index in [2.05, 4.69) is 64.0 Å². The van der Waals surface area contributed by atoms with Gasteiger partial charge in [-0.2, -0.15) is 0 Å². The van der Waals surface area contributed by atoms with Crippen LogP contribution in [0.25, 0.3) is 11.3 Å². The number of carbonyl (C=O) groups excluding carboxylic acids is 1. The molecule has 0 atom stereocenters. The molecule has 0 unspecified atom stereocenters. The minimum absolute atomic E-state index is 0.136. The second-order valence-corrected chi connectivity index (χ2v) is 7.68. The number of nitrogens with one attached hydrogen (secondary N) is 1. The molecule has 1 N–H and O–H groups in total. The van der Waals surface area contributed by atoms with Crippen molar-refractivity contribution >= 4 is 45.0 Å². The molecule has 2 heterocycles. The number of amides is 1. The highest BCUT2D eigenvalue weighted by atomic mass is 127. The maximum absolute atomic E-state index is 12.4. The Morgan fingerprint density at radius 1 is 1.40 bits per heavy atom. The summed E-state index contributed by atoms with van der Waals surface area (Å²) < 4.78 is 3.12. The van der Waals surface area contributed by atoms with Crippen LogP contribution in [0.1, 0.15) is 21.7 Å². The predicted octanol–water partition coefficient (Wildman–Crippen LogP) is 5.27. The van der Waals surface area contributed by atoms with E-state index < -0.39 is 0 Å². The third-order valence-electron chi connectivity index (χ3n) is 4.00. The number of nitrogens with zero attached hydrogens (tertiary/aromatic N) is 2. The highest BCUT2D eigenvalue weighted by molar-refractivity contribution is 14.1. The van der Waals surface area contributed by atoms with Crippen LogP contribution >= 0.6 is 33.9 Å². The number of aromatic nitrogens is 2. The zero-order chi connectivity index (χ0) is 18.0. The first-order chi connectivity index (χ1) is 12.0. The van der Waals surface area contributed by atoms with Gasteiger partial charge in [0.1, 0.15) is 0 Å². The molecule has 2 aromatic heterocycles. The van der Waals surface area contributed by atoms with Crippen LogP contribution in [0.3, 0.4) is 0 Å². The monoisotopic (exact) mass is 463 g/mol. The number of rotatable bonds is 5. The van der Waals surface area contributed by atoms with E-state index in [9.17, 15) is 4.79 Å². The van der Waals surface area contributed by atoms with Gasteiger partial charge >= 0.3 is 0 Å². The van der Waals surface area contributed by atoms with Gasteiger partial charge in [-0.15, -0.1) is 17.9 Å². The van der Waals surface area contributed by atoms with Gasteiger partial charge in [-0.05, 0) is 54.6 Å². The number of anilines is 1. The van der Waals surface area contributed by atoms with E-state index in [1.54, 1.807) is 0 Å². The summed E-state index contributed by atoms with van der Waals surface area (Å²) in [6.45, 7) is 8.74. The quantitative estimate of drug-likeness (QED) is 0.414. The molecule has 0 bridgehead atoms. The lowest BCUT2D eigenvalue weighted by Gasteiger charge is -2.05. The Kier molecular flexibility index (Phi) is 5.39. The first kappa shape index (κ1) is 17.9. The van der Waals surface area contributed by atoms with E-state index in [1.807, 2.05) is 35.7 Å². The van der Waals surface area contributed by atoms with Crippen molar-refractivity contribution < 1.29 is 4.79 Å². The number of hydrogen-bond acceptors (Lipinski definition) is 3. The van der Waals surface area contributed by atoms with Gasteiger partial charge in [-0.1, -0.05) is 18.2 Å². The van der Waals surface area contributed by atoms with Crippen LogP contribution in [0.5, 0.6) is 0 Å². The number of halogens is 1. The number of aryl methyl sites for hydroxylation is 1. The van der Waals surface area contributed by atoms with Crippen molar-refractivity contribution in [2.75, 3.05) is 5.32 Å². The molecule has 6 heteroatoms. The minimum Gasteiger partial charge on any atom is -0.345 e. The summed E-state index contributed by atoms with van der Waals surface area (Å²) in [6.07, 6.45) is 1.89. The van der Waals surface area contributed by atoms with Gasteiger partial charge < -0.3 is 4.57 Å². The topological polar surface area (TPSA) is 46.9 Å². The Hall–Kier alpha value is -1.93. The third-order valence-corrected chi connectivity index (χ3v) is 5.70. The fourth-order valence-corrected chi connectivity index (χ4v) is 4.07. The third kappa shape index (κ3) is 3.69. The molecule has 128 valence electrons. The molecule has 0 saturated heterocycles. The van der Waals surface area contributed by atoms with Gasteiger partial charge in [0.05, 0.1) is 11.3 Å². The molecule has 0 spiro atoms. The predicted molar refractivity (Wildman–Crippen MR) is 112 cm³/mol. The zero-order valence-corrected chi connectivity index (χ0v) is 17.0. The normalized spacial score (nSPS) is 10.7. The molecule has 0 aliphatic rings. The summed E-state index contributed by atoms with van der Waals surface area (Å²) in [6, 6.07) is 9.63. The van der Waals surface area contributed by atoms with Gasteiger partial charge in [-0.3, -0.25) is 10.1 Å². The van der Waals surface area contributed by atoms with Crippen LogP contribution in [-0.2, 0) is 6.54 Å². The molecular formula is C19H18IN3OS. The average molecular weight is 463 g/mol. The molecule has 1 amide bonds. The molecule has 0 radical (unpaired) electrons. The Labute approximate surface area is 164 Å². The van der Waals surface area contributed by atoms with Gasteiger partial charge in [0, 0.05) is 32.4 Å². The molecule has 0 aliphatic carbocycles. The van der Waals surface area contributed by atoms with Gasteiger partial charge in [0.25, 0.3) is 5.91 Å². The highest BCUT2D eigenvalue weighted by Crippen LogP contribution is 2.30. The fraction of sp³-hybridized carbons (Fsp3) is 0.158. The number of carbonyl (C=O) groups is 1. The molecular weight excluding hydrogens is 445 g/mol. The van der Waals surface area contributed by atoms with E-state index in [-0.39, 0.29) is 5.91 Å². The standard InChI is InChI=1S/C19H18IN3OS/c1-4-9-23-12(2)10-15(13(23)3)17-11-25-19(21-17)22-18(24)14-7-5-6-8-16(14)20/h4-8,10-11H,1,9H2,2-3H3,(H,21,22,24). The van der Waals surface area contributed by atoms with Crippen LogP contribution in [0.4, 0.5) is 5.13 Å². The molecule has 0 aliphatic heterocycles. The maximum Gasteiger partial charge on any atom is 0.258 e. The Morgan fingerprint density at radius 2 is 2.16 bits per heavy atom. The van der Waals surface area contributed by atoms with Crippen LogP contribution in [-0.4, -0.2) is 15.5 Å². The lowest BCUT2D eigenvalue weighted by molar-refractivity contribution is 0.102. The fourth-order valence-electron chi connectivity index (χ4n) is 2.74. The van der Waals surface area contributed by atoms with Crippen LogP contribution in [0.15, 0.2) is 48.4 Å². The van der Waals surface area contributed by atoms with Crippen molar-refractivity contribution in [2.45, 2.75) is 20.4 Å². The summed E-state index contributed by atoms with van der Waals surface area (Å²) >= 11 is 3.60. The van der Waals surface area contributed by atoms with E-state index in [4.69, 9.17) is 0 Å². The van der Waals surface area contributed by atoms with E-state index in [0.29, 0.717) is 10.7 Å². The Bertz CT molecular complexity index is 942. The molecule has 3 aromatic rings. The second-order valence-electron chi connectivity index (χ2n) is 5.66. The molecule has 0 fully saturated rings. The average Bonchev–Trinajstić information content (AvgIpc) is 3.15. The lowest BCUT2D eigenvalue weighted by atomic mass is 10.2. The van der Waals surface area contributed by atoms with E-state index >= 15 is 0 Å². The minimum atomic E-state index is -0.136. The largest absolute Gasteiger partial charge is 0.345 e. The van der Waals surface area contributed by atoms with Crippen molar-refractivity contribution in [3.63, 3.8) is 0 Å². The van der Waals surface area contributed by atoms with Crippen molar-refractivity contribution in [3.05, 3.63) is 68.9 Å². The molecule has 4 nitrogen and oxygen atoms in total. The van der Waals surface area contributed by atoms with E-state index in [1.165, 1.54) is 17.0 Å². The first-order valence-corrected chi connectivity index (χ1v) is 9.76. The number of benzene rings is 1. The lowest BCUT2D eigenvalue weighted by Crippen LogP contribution is -2.13. The zero-order valence-electron chi connectivity index (χ0n) is 14.0. The van der Waals surface area contributed by atoms with Gasteiger partial charge in [-0.25, -0.2) is 4.98 Å².